The third-order valence-electron chi connectivity index (χ3n) is 4.65. The molecule has 0 spiro atoms. The van der Waals surface area contributed by atoms with E-state index in [1.165, 1.54) is 33.5 Å². The van der Waals surface area contributed by atoms with Gasteiger partial charge in [-0.2, -0.15) is 5.10 Å². The van der Waals surface area contributed by atoms with Gasteiger partial charge in [0.05, 0.1) is 27.9 Å². The molecule has 0 unspecified atom stereocenters. The smallest absolute Gasteiger partial charge is 0.270 e. The van der Waals surface area contributed by atoms with Gasteiger partial charge in [0.1, 0.15) is 22.6 Å². The molecule has 4 rings (SSSR count). The number of rotatable bonds is 8. The van der Waals surface area contributed by atoms with Gasteiger partial charge >= 0.3 is 0 Å². The summed E-state index contributed by atoms with van der Waals surface area (Å²) in [5, 5.41) is 8.49. The first-order valence-corrected chi connectivity index (χ1v) is 11.5. The number of nitrogens with zero attached hydrogens (tertiary/aromatic N) is 3. The van der Waals surface area contributed by atoms with E-state index in [4.69, 9.17) is 18.7 Å². The molecule has 2 aromatic carbocycles. The molecule has 0 bridgehead atoms. The van der Waals surface area contributed by atoms with E-state index in [1.54, 1.807) is 23.0 Å². The topological polar surface area (TPSA) is 118 Å². The highest BCUT2D eigenvalue weighted by Crippen LogP contribution is 2.39. The lowest BCUT2D eigenvalue weighted by Crippen LogP contribution is -2.16. The van der Waals surface area contributed by atoms with Gasteiger partial charge in [-0.25, -0.2) is 8.42 Å². The average molecular weight is 523 g/mol. The Labute approximate surface area is 192 Å². The summed E-state index contributed by atoms with van der Waals surface area (Å²) in [6.07, 6.45) is 3.51. The summed E-state index contributed by atoms with van der Waals surface area (Å²) in [6.45, 7) is 0.481. The third-order valence-corrected chi connectivity index (χ3v) is 6.51. The van der Waals surface area contributed by atoms with Crippen LogP contribution in [-0.4, -0.2) is 44.7 Å². The lowest BCUT2D eigenvalue weighted by molar-refractivity contribution is 0.373. The zero-order valence-corrected chi connectivity index (χ0v) is 19.7. The standard InChI is InChI=1S/C20H19BrN4O6S/c1-28-14-7-12(11-25-6-4-5-22-25)8-15-18(14)20(23-31-15)24-32(26,27)19-16(29-2)9-13(21)10-17(19)30-3/h4-10H,11H2,1-3H3,(H,23,24). The first-order chi connectivity index (χ1) is 15.4. The van der Waals surface area contributed by atoms with Crippen LogP contribution in [0.25, 0.3) is 11.0 Å². The van der Waals surface area contributed by atoms with Crippen molar-refractivity contribution >= 4 is 42.7 Å². The summed E-state index contributed by atoms with van der Waals surface area (Å²) in [7, 11) is 0.0604. The fourth-order valence-corrected chi connectivity index (χ4v) is 5.01. The second-order valence-electron chi connectivity index (χ2n) is 6.65. The molecule has 4 aromatic rings. The zero-order valence-electron chi connectivity index (χ0n) is 17.3. The van der Waals surface area contributed by atoms with Crippen LogP contribution in [0.2, 0.25) is 0 Å². The van der Waals surface area contributed by atoms with Crippen LogP contribution in [0.3, 0.4) is 0 Å². The first-order valence-electron chi connectivity index (χ1n) is 9.24. The minimum Gasteiger partial charge on any atom is -0.496 e. The van der Waals surface area contributed by atoms with Crippen molar-refractivity contribution in [3.63, 3.8) is 0 Å². The molecular formula is C20H19BrN4O6S. The minimum absolute atomic E-state index is 0.0190. The van der Waals surface area contributed by atoms with E-state index in [-0.39, 0.29) is 22.2 Å². The van der Waals surface area contributed by atoms with Gasteiger partial charge in [0.25, 0.3) is 10.0 Å². The number of hydrogen-bond acceptors (Lipinski definition) is 8. The van der Waals surface area contributed by atoms with Crippen molar-refractivity contribution < 1.29 is 27.2 Å². The summed E-state index contributed by atoms with van der Waals surface area (Å²) in [5.41, 5.74) is 1.21. The molecule has 0 radical (unpaired) electrons. The molecule has 0 saturated heterocycles. The number of anilines is 1. The van der Waals surface area contributed by atoms with Crippen LogP contribution in [0.4, 0.5) is 5.82 Å². The molecular weight excluding hydrogens is 504 g/mol. The number of methoxy groups -OCH3 is 3. The molecule has 2 aromatic heterocycles. The molecule has 0 amide bonds. The van der Waals surface area contributed by atoms with Crippen LogP contribution in [0.15, 0.2) is 56.6 Å². The maximum Gasteiger partial charge on any atom is 0.270 e. The second-order valence-corrected chi connectivity index (χ2v) is 9.19. The highest BCUT2D eigenvalue weighted by atomic mass is 79.9. The van der Waals surface area contributed by atoms with Gasteiger partial charge in [-0.05, 0) is 35.9 Å². The number of fused-ring (bicyclic) bond motifs is 1. The second kappa shape index (κ2) is 8.71. The van der Waals surface area contributed by atoms with Gasteiger partial charge in [0, 0.05) is 16.9 Å². The van der Waals surface area contributed by atoms with E-state index < -0.39 is 10.0 Å². The van der Waals surface area contributed by atoms with Crippen molar-refractivity contribution in [3.05, 3.63) is 52.8 Å². The molecule has 2 heterocycles. The van der Waals surface area contributed by atoms with E-state index in [2.05, 4.69) is 30.9 Å². The van der Waals surface area contributed by atoms with E-state index in [0.29, 0.717) is 27.7 Å². The van der Waals surface area contributed by atoms with Crippen LogP contribution in [0.1, 0.15) is 5.56 Å². The van der Waals surface area contributed by atoms with Gasteiger partial charge in [-0.15, -0.1) is 0 Å². The number of sulfonamides is 1. The Balaban J connectivity index is 1.77. The fraction of sp³-hybridized carbons (Fsp3) is 0.200. The zero-order chi connectivity index (χ0) is 22.9. The molecule has 168 valence electrons. The molecule has 32 heavy (non-hydrogen) atoms. The van der Waals surface area contributed by atoms with Gasteiger partial charge in [0.2, 0.25) is 0 Å². The quantitative estimate of drug-likeness (QED) is 0.372. The predicted molar refractivity (Wildman–Crippen MR) is 120 cm³/mol. The van der Waals surface area contributed by atoms with Gasteiger partial charge in [-0.3, -0.25) is 9.40 Å². The molecule has 0 atom stereocenters. The molecule has 12 heteroatoms. The van der Waals surface area contributed by atoms with Gasteiger partial charge in [0.15, 0.2) is 16.3 Å². The number of aromatic nitrogens is 3. The number of benzene rings is 2. The summed E-state index contributed by atoms with van der Waals surface area (Å²) in [4.78, 5) is -0.170. The van der Waals surface area contributed by atoms with Crippen LogP contribution in [0.5, 0.6) is 17.2 Å². The Bertz CT molecular complexity index is 1340. The average Bonchev–Trinajstić information content (AvgIpc) is 3.42. The summed E-state index contributed by atoms with van der Waals surface area (Å²) < 4.78 is 52.8. The molecule has 1 N–H and O–H groups in total. The minimum atomic E-state index is -4.17. The largest absolute Gasteiger partial charge is 0.496 e. The first kappa shape index (κ1) is 22.0. The fourth-order valence-electron chi connectivity index (χ4n) is 3.28. The predicted octanol–water partition coefficient (Wildman–Crippen LogP) is 3.66. The van der Waals surface area contributed by atoms with Crippen molar-refractivity contribution in [3.8, 4) is 17.2 Å². The van der Waals surface area contributed by atoms with Crippen LogP contribution < -0.4 is 18.9 Å². The number of ether oxygens (including phenoxy) is 3. The monoisotopic (exact) mass is 522 g/mol. The lowest BCUT2D eigenvalue weighted by Gasteiger charge is -2.15. The maximum atomic E-state index is 13.3. The van der Waals surface area contributed by atoms with E-state index >= 15 is 0 Å². The summed E-state index contributed by atoms with van der Waals surface area (Å²) in [5.74, 6) is 0.586. The number of halogens is 1. The van der Waals surface area contributed by atoms with E-state index in [0.717, 1.165) is 5.56 Å². The van der Waals surface area contributed by atoms with Crippen molar-refractivity contribution in [2.24, 2.45) is 0 Å². The highest BCUT2D eigenvalue weighted by molar-refractivity contribution is 9.10. The molecule has 0 saturated carbocycles. The number of nitrogens with one attached hydrogen (secondary N) is 1. The number of hydrogen-bond donors (Lipinski definition) is 1. The van der Waals surface area contributed by atoms with Crippen LogP contribution in [-0.2, 0) is 16.6 Å². The van der Waals surface area contributed by atoms with Gasteiger partial charge in [-0.1, -0.05) is 21.1 Å². The molecule has 0 aliphatic heterocycles. The molecule has 10 nitrogen and oxygen atoms in total. The molecule has 0 aliphatic carbocycles. The third kappa shape index (κ3) is 4.10. The van der Waals surface area contributed by atoms with Crippen molar-refractivity contribution in [1.82, 2.24) is 14.9 Å². The highest BCUT2D eigenvalue weighted by Gasteiger charge is 2.28. The van der Waals surface area contributed by atoms with E-state index in [1.807, 2.05) is 12.3 Å². The van der Waals surface area contributed by atoms with Crippen LogP contribution >= 0.6 is 15.9 Å². The Hall–Kier alpha value is -3.25. The van der Waals surface area contributed by atoms with Crippen molar-refractivity contribution in [1.29, 1.82) is 0 Å². The molecule has 0 aliphatic rings. The summed E-state index contributed by atoms with van der Waals surface area (Å²) >= 11 is 3.31. The lowest BCUT2D eigenvalue weighted by atomic mass is 10.1. The van der Waals surface area contributed by atoms with Crippen LogP contribution in [0, 0.1) is 0 Å². The maximum absolute atomic E-state index is 13.3. The SMILES string of the molecule is COc1cc(Br)cc(OC)c1S(=O)(=O)Nc1noc2cc(Cn3cccn3)cc(OC)c12. The van der Waals surface area contributed by atoms with Crippen molar-refractivity contribution in [2.45, 2.75) is 11.4 Å². The Morgan fingerprint density at radius 3 is 2.34 bits per heavy atom. The normalized spacial score (nSPS) is 11.5. The van der Waals surface area contributed by atoms with Gasteiger partial charge < -0.3 is 18.7 Å². The Morgan fingerprint density at radius 1 is 1.06 bits per heavy atom. The van der Waals surface area contributed by atoms with E-state index in [9.17, 15) is 8.42 Å². The Morgan fingerprint density at radius 2 is 1.75 bits per heavy atom. The summed E-state index contributed by atoms with van der Waals surface area (Å²) in [6, 6.07) is 8.41. The molecule has 0 fully saturated rings. The Kier molecular flexibility index (Phi) is 5.98. The van der Waals surface area contributed by atoms with Crippen molar-refractivity contribution in [2.75, 3.05) is 26.1 Å².